The van der Waals surface area contributed by atoms with Gasteiger partial charge in [-0.1, -0.05) is 23.4 Å². The van der Waals surface area contributed by atoms with E-state index in [0.717, 1.165) is 30.1 Å². The summed E-state index contributed by atoms with van der Waals surface area (Å²) in [5, 5.41) is 11.2. The second-order valence-electron chi connectivity index (χ2n) is 4.45. The van der Waals surface area contributed by atoms with Gasteiger partial charge in [-0.15, -0.1) is 5.10 Å². The lowest BCUT2D eigenvalue weighted by atomic mass is 10.2. The largest absolute Gasteiger partial charge is 0.487 e. The van der Waals surface area contributed by atoms with E-state index in [-0.39, 0.29) is 0 Å². The van der Waals surface area contributed by atoms with Crippen LogP contribution in [0.2, 0.25) is 0 Å². The number of rotatable bonds is 8. The third kappa shape index (κ3) is 4.32. The summed E-state index contributed by atoms with van der Waals surface area (Å²) < 4.78 is 12.5. The van der Waals surface area contributed by atoms with Crippen LogP contribution >= 0.6 is 0 Å². The zero-order valence-corrected chi connectivity index (χ0v) is 11.9. The first-order chi connectivity index (χ1) is 9.79. The highest BCUT2D eigenvalue weighted by Gasteiger charge is 2.04. The Bertz CT molecular complexity index is 527. The van der Waals surface area contributed by atoms with Gasteiger partial charge in [0, 0.05) is 32.8 Å². The second kappa shape index (κ2) is 7.62. The van der Waals surface area contributed by atoms with Gasteiger partial charge in [0.1, 0.15) is 18.1 Å². The number of aromatic nitrogens is 3. The highest BCUT2D eigenvalue weighted by Crippen LogP contribution is 2.18. The molecule has 0 atom stereocenters. The van der Waals surface area contributed by atoms with Crippen molar-refractivity contribution in [1.29, 1.82) is 0 Å². The van der Waals surface area contributed by atoms with Gasteiger partial charge >= 0.3 is 0 Å². The quantitative estimate of drug-likeness (QED) is 0.732. The van der Waals surface area contributed by atoms with Crippen LogP contribution in [0.4, 0.5) is 0 Å². The molecule has 108 valence electrons. The average molecular weight is 276 g/mol. The molecule has 0 aliphatic rings. The number of ether oxygens (including phenoxy) is 2. The summed E-state index contributed by atoms with van der Waals surface area (Å²) in [5.41, 5.74) is 1.93. The molecule has 1 heterocycles. The first-order valence-corrected chi connectivity index (χ1v) is 6.55. The Morgan fingerprint density at radius 2 is 2.15 bits per heavy atom. The summed E-state index contributed by atoms with van der Waals surface area (Å²) in [6.45, 7) is 2.68. The topological polar surface area (TPSA) is 61.2 Å². The maximum atomic E-state index is 5.81. The third-order valence-electron chi connectivity index (χ3n) is 2.80. The van der Waals surface area contributed by atoms with Crippen LogP contribution in [0.15, 0.2) is 30.5 Å². The van der Waals surface area contributed by atoms with Crippen LogP contribution in [0.3, 0.4) is 0 Å². The van der Waals surface area contributed by atoms with Crippen LogP contribution in [0, 0.1) is 0 Å². The zero-order chi connectivity index (χ0) is 14.2. The lowest BCUT2D eigenvalue weighted by molar-refractivity contribution is 0.199. The van der Waals surface area contributed by atoms with Crippen LogP contribution < -0.4 is 10.1 Å². The fourth-order valence-corrected chi connectivity index (χ4v) is 1.80. The van der Waals surface area contributed by atoms with Gasteiger partial charge in [-0.25, -0.2) is 0 Å². The van der Waals surface area contributed by atoms with Crippen molar-refractivity contribution in [1.82, 2.24) is 20.3 Å². The fourth-order valence-electron chi connectivity index (χ4n) is 1.80. The predicted octanol–water partition coefficient (Wildman–Crippen LogP) is 1.13. The molecule has 20 heavy (non-hydrogen) atoms. The van der Waals surface area contributed by atoms with Crippen LogP contribution in [0.25, 0.3) is 0 Å². The van der Waals surface area contributed by atoms with Gasteiger partial charge in [-0.05, 0) is 6.07 Å². The standard InChI is InChI=1S/C14H20N4O2/c1-18-10-13(16-17-18)11-20-14-6-4-3-5-12(14)9-15-7-8-19-2/h3-6,10,15H,7-9,11H2,1-2H3. The van der Waals surface area contributed by atoms with E-state index >= 15 is 0 Å². The highest BCUT2D eigenvalue weighted by atomic mass is 16.5. The smallest absolute Gasteiger partial charge is 0.134 e. The van der Waals surface area contributed by atoms with E-state index in [1.54, 1.807) is 11.8 Å². The fraction of sp³-hybridized carbons (Fsp3) is 0.429. The minimum absolute atomic E-state index is 0.420. The molecule has 0 spiro atoms. The van der Waals surface area contributed by atoms with Gasteiger partial charge in [-0.3, -0.25) is 4.68 Å². The molecule has 0 bridgehead atoms. The van der Waals surface area contributed by atoms with Gasteiger partial charge < -0.3 is 14.8 Å². The molecular formula is C14H20N4O2. The number of methoxy groups -OCH3 is 1. The van der Waals surface area contributed by atoms with Gasteiger partial charge in [0.05, 0.1) is 12.8 Å². The van der Waals surface area contributed by atoms with E-state index in [9.17, 15) is 0 Å². The highest BCUT2D eigenvalue weighted by molar-refractivity contribution is 5.33. The Balaban J connectivity index is 1.90. The van der Waals surface area contributed by atoms with Gasteiger partial charge in [0.25, 0.3) is 0 Å². The summed E-state index contributed by atoms with van der Waals surface area (Å²) in [6.07, 6.45) is 1.85. The molecule has 0 radical (unpaired) electrons. The number of hydrogen-bond donors (Lipinski definition) is 1. The molecule has 0 fully saturated rings. The molecule has 0 saturated carbocycles. The molecule has 0 aliphatic heterocycles. The minimum Gasteiger partial charge on any atom is -0.487 e. The Labute approximate surface area is 118 Å². The molecule has 2 rings (SSSR count). The van der Waals surface area contributed by atoms with Crippen molar-refractivity contribution in [2.24, 2.45) is 7.05 Å². The Morgan fingerprint density at radius 3 is 2.90 bits per heavy atom. The Kier molecular flexibility index (Phi) is 5.52. The lowest BCUT2D eigenvalue weighted by Crippen LogP contribution is -2.19. The normalized spacial score (nSPS) is 10.7. The Hall–Kier alpha value is -1.92. The molecule has 1 N–H and O–H groups in total. The average Bonchev–Trinajstić information content (AvgIpc) is 2.88. The first-order valence-electron chi connectivity index (χ1n) is 6.55. The summed E-state index contributed by atoms with van der Waals surface area (Å²) in [7, 11) is 3.53. The molecular weight excluding hydrogens is 256 g/mol. The van der Waals surface area contributed by atoms with Crippen molar-refractivity contribution >= 4 is 0 Å². The molecule has 0 unspecified atom stereocenters. The minimum atomic E-state index is 0.420. The van der Waals surface area contributed by atoms with Gasteiger partial charge in [-0.2, -0.15) is 0 Å². The molecule has 1 aromatic carbocycles. The van der Waals surface area contributed by atoms with E-state index < -0.39 is 0 Å². The summed E-state index contributed by atoms with van der Waals surface area (Å²) >= 11 is 0. The van der Waals surface area contributed by atoms with Crippen molar-refractivity contribution < 1.29 is 9.47 Å². The lowest BCUT2D eigenvalue weighted by Gasteiger charge is -2.11. The number of nitrogens with zero attached hydrogens (tertiary/aromatic N) is 3. The van der Waals surface area contributed by atoms with E-state index in [1.807, 2.05) is 37.5 Å². The van der Waals surface area contributed by atoms with Gasteiger partial charge in [0.2, 0.25) is 0 Å². The molecule has 0 saturated heterocycles. The molecule has 6 heteroatoms. The second-order valence-corrected chi connectivity index (χ2v) is 4.45. The van der Waals surface area contributed by atoms with E-state index in [1.165, 1.54) is 0 Å². The summed E-state index contributed by atoms with van der Waals surface area (Å²) in [6, 6.07) is 7.97. The molecule has 2 aromatic rings. The number of para-hydroxylation sites is 1. The molecule has 0 aliphatic carbocycles. The van der Waals surface area contributed by atoms with Crippen LogP contribution in [-0.2, 0) is 24.9 Å². The van der Waals surface area contributed by atoms with Crippen molar-refractivity contribution in [3.05, 3.63) is 41.7 Å². The van der Waals surface area contributed by atoms with Crippen LogP contribution in [0.5, 0.6) is 5.75 Å². The van der Waals surface area contributed by atoms with Crippen LogP contribution in [-0.4, -0.2) is 35.3 Å². The third-order valence-corrected chi connectivity index (χ3v) is 2.80. The van der Waals surface area contributed by atoms with Crippen molar-refractivity contribution in [3.8, 4) is 5.75 Å². The SMILES string of the molecule is COCCNCc1ccccc1OCc1cn(C)nn1. The number of hydrogen-bond acceptors (Lipinski definition) is 5. The predicted molar refractivity (Wildman–Crippen MR) is 75.4 cm³/mol. The van der Waals surface area contributed by atoms with E-state index in [2.05, 4.69) is 15.6 Å². The van der Waals surface area contributed by atoms with Gasteiger partial charge in [0.15, 0.2) is 0 Å². The summed E-state index contributed by atoms with van der Waals surface area (Å²) in [4.78, 5) is 0. The van der Waals surface area contributed by atoms with Crippen molar-refractivity contribution in [2.45, 2.75) is 13.2 Å². The van der Waals surface area contributed by atoms with Crippen LogP contribution in [0.1, 0.15) is 11.3 Å². The zero-order valence-electron chi connectivity index (χ0n) is 11.9. The monoisotopic (exact) mass is 276 g/mol. The molecule has 1 aromatic heterocycles. The first kappa shape index (κ1) is 14.5. The maximum absolute atomic E-state index is 5.81. The van der Waals surface area contributed by atoms with E-state index in [0.29, 0.717) is 13.2 Å². The molecule has 0 amide bonds. The maximum Gasteiger partial charge on any atom is 0.134 e. The summed E-state index contributed by atoms with van der Waals surface area (Å²) in [5.74, 6) is 0.864. The number of nitrogens with one attached hydrogen (secondary N) is 1. The van der Waals surface area contributed by atoms with Crippen molar-refractivity contribution in [3.63, 3.8) is 0 Å². The number of benzene rings is 1. The number of aryl methyl sites for hydroxylation is 1. The molecule has 6 nitrogen and oxygen atoms in total. The Morgan fingerprint density at radius 1 is 1.30 bits per heavy atom. The van der Waals surface area contributed by atoms with E-state index in [4.69, 9.17) is 9.47 Å². The van der Waals surface area contributed by atoms with Crippen molar-refractivity contribution in [2.75, 3.05) is 20.3 Å².